The highest BCUT2D eigenvalue weighted by molar-refractivity contribution is 5.83. The lowest BCUT2D eigenvalue weighted by atomic mass is 10.0. The summed E-state index contributed by atoms with van der Waals surface area (Å²) in [6.45, 7) is 0. The number of anilines is 2. The van der Waals surface area contributed by atoms with Gasteiger partial charge in [0, 0.05) is 46.4 Å². The zero-order valence-corrected chi connectivity index (χ0v) is 14.7. The zero-order valence-electron chi connectivity index (χ0n) is 14.7. The minimum Gasteiger partial charge on any atom is -0.361 e. The summed E-state index contributed by atoms with van der Waals surface area (Å²) in [5.41, 5.74) is 3.50. The van der Waals surface area contributed by atoms with Gasteiger partial charge in [-0.3, -0.25) is 4.98 Å². The number of rotatable bonds is 6. The lowest BCUT2D eigenvalue weighted by Crippen LogP contribution is -2.00. The van der Waals surface area contributed by atoms with E-state index in [4.69, 9.17) is 0 Å². The molecule has 2 aromatic heterocycles. The molecule has 0 saturated heterocycles. The fourth-order valence-electron chi connectivity index (χ4n) is 3.31. The van der Waals surface area contributed by atoms with Crippen molar-refractivity contribution in [2.75, 3.05) is 5.32 Å². The number of aromatic amines is 1. The number of benzene rings is 2. The average molecular weight is 363 g/mol. The smallest absolute Gasteiger partial charge is 0.131 e. The van der Waals surface area contributed by atoms with E-state index in [1.54, 1.807) is 24.5 Å². The number of nitrogens with one attached hydrogen (secondary N) is 2. The van der Waals surface area contributed by atoms with Crippen molar-refractivity contribution in [2.45, 2.75) is 19.3 Å². The first-order valence-corrected chi connectivity index (χ1v) is 8.90. The van der Waals surface area contributed by atoms with Crippen LogP contribution in [-0.4, -0.2) is 9.97 Å². The molecule has 0 aliphatic heterocycles. The number of hydrogen-bond acceptors (Lipinski definition) is 2. The van der Waals surface area contributed by atoms with E-state index in [0.717, 1.165) is 23.0 Å². The van der Waals surface area contributed by atoms with Gasteiger partial charge in [0.15, 0.2) is 0 Å². The summed E-state index contributed by atoms with van der Waals surface area (Å²) in [7, 11) is 0. The molecule has 0 radical (unpaired) electrons. The Morgan fingerprint density at radius 1 is 0.889 bits per heavy atom. The Balaban J connectivity index is 1.44. The molecular weight excluding hydrogens is 344 g/mol. The molecule has 0 bridgehead atoms. The molecular formula is C22H19F2N3. The predicted molar refractivity (Wildman–Crippen MR) is 104 cm³/mol. The van der Waals surface area contributed by atoms with Crippen molar-refractivity contribution in [3.63, 3.8) is 0 Å². The van der Waals surface area contributed by atoms with Crippen LogP contribution < -0.4 is 5.32 Å². The van der Waals surface area contributed by atoms with Crippen LogP contribution in [0.15, 0.2) is 67.1 Å². The molecule has 0 saturated carbocycles. The van der Waals surface area contributed by atoms with E-state index in [1.165, 1.54) is 17.7 Å². The van der Waals surface area contributed by atoms with Crippen LogP contribution in [-0.2, 0) is 12.8 Å². The maximum atomic E-state index is 14.4. The zero-order chi connectivity index (χ0) is 18.6. The number of aryl methyl sites for hydroxylation is 1. The Kier molecular flexibility index (Phi) is 4.83. The summed E-state index contributed by atoms with van der Waals surface area (Å²) in [6.07, 6.45) is 7.00. The lowest BCUT2D eigenvalue weighted by Gasteiger charge is -2.10. The molecule has 4 aromatic rings. The van der Waals surface area contributed by atoms with Crippen LogP contribution in [0.2, 0.25) is 0 Å². The highest BCUT2D eigenvalue weighted by Gasteiger charge is 2.12. The topological polar surface area (TPSA) is 40.7 Å². The van der Waals surface area contributed by atoms with E-state index in [0.29, 0.717) is 18.5 Å². The Morgan fingerprint density at radius 2 is 1.63 bits per heavy atom. The summed E-state index contributed by atoms with van der Waals surface area (Å²) in [6, 6.07) is 14.2. The monoisotopic (exact) mass is 363 g/mol. The van der Waals surface area contributed by atoms with Crippen LogP contribution in [0.25, 0.3) is 10.9 Å². The Bertz CT molecular complexity index is 1030. The van der Waals surface area contributed by atoms with Crippen LogP contribution >= 0.6 is 0 Å². The maximum Gasteiger partial charge on any atom is 0.131 e. The van der Waals surface area contributed by atoms with Gasteiger partial charge in [0.1, 0.15) is 11.6 Å². The van der Waals surface area contributed by atoms with Crippen molar-refractivity contribution >= 4 is 22.3 Å². The molecule has 0 aliphatic rings. The SMILES string of the molecule is Fc1cc(Nc2ccncc2)cc(F)c1CCCc1c[nH]c2ccccc12. The summed E-state index contributed by atoms with van der Waals surface area (Å²) < 4.78 is 28.9. The van der Waals surface area contributed by atoms with E-state index in [1.807, 2.05) is 24.4 Å². The van der Waals surface area contributed by atoms with Gasteiger partial charge in [0.2, 0.25) is 0 Å². The van der Waals surface area contributed by atoms with Gasteiger partial charge < -0.3 is 10.3 Å². The van der Waals surface area contributed by atoms with E-state index in [2.05, 4.69) is 21.4 Å². The van der Waals surface area contributed by atoms with Gasteiger partial charge in [-0.05, 0) is 55.2 Å². The quantitative estimate of drug-likeness (QED) is 0.457. The number of hydrogen-bond donors (Lipinski definition) is 2. The molecule has 4 rings (SSSR count). The molecule has 0 spiro atoms. The van der Waals surface area contributed by atoms with E-state index in [9.17, 15) is 8.78 Å². The van der Waals surface area contributed by atoms with Gasteiger partial charge in [0.05, 0.1) is 0 Å². The van der Waals surface area contributed by atoms with E-state index in [-0.39, 0.29) is 5.56 Å². The Hall–Kier alpha value is -3.21. The molecule has 2 aromatic carbocycles. The summed E-state index contributed by atoms with van der Waals surface area (Å²) in [4.78, 5) is 7.15. The van der Waals surface area contributed by atoms with Crippen molar-refractivity contribution < 1.29 is 8.78 Å². The van der Waals surface area contributed by atoms with Gasteiger partial charge in [-0.2, -0.15) is 0 Å². The number of H-pyrrole nitrogens is 1. The minimum atomic E-state index is -0.523. The molecule has 0 unspecified atom stereocenters. The number of fused-ring (bicyclic) bond motifs is 1. The third-order valence-electron chi connectivity index (χ3n) is 4.66. The Labute approximate surface area is 156 Å². The minimum absolute atomic E-state index is 0.134. The number of para-hydroxylation sites is 1. The number of nitrogens with zero attached hydrogens (tertiary/aromatic N) is 1. The van der Waals surface area contributed by atoms with Gasteiger partial charge in [0.25, 0.3) is 0 Å². The van der Waals surface area contributed by atoms with E-state index < -0.39 is 11.6 Å². The second-order valence-electron chi connectivity index (χ2n) is 6.49. The largest absolute Gasteiger partial charge is 0.361 e. The second kappa shape index (κ2) is 7.58. The maximum absolute atomic E-state index is 14.4. The molecule has 5 heteroatoms. The molecule has 3 nitrogen and oxygen atoms in total. The highest BCUT2D eigenvalue weighted by atomic mass is 19.1. The van der Waals surface area contributed by atoms with Crippen molar-refractivity contribution in [1.29, 1.82) is 0 Å². The van der Waals surface area contributed by atoms with Crippen LogP contribution in [0, 0.1) is 11.6 Å². The third-order valence-corrected chi connectivity index (χ3v) is 4.66. The second-order valence-corrected chi connectivity index (χ2v) is 6.49. The molecule has 0 aliphatic carbocycles. The first-order chi connectivity index (χ1) is 13.2. The fraction of sp³-hybridized carbons (Fsp3) is 0.136. The summed E-state index contributed by atoms with van der Waals surface area (Å²) in [5, 5.41) is 4.15. The van der Waals surface area contributed by atoms with Crippen molar-refractivity contribution in [3.8, 4) is 0 Å². The molecule has 136 valence electrons. The van der Waals surface area contributed by atoms with Gasteiger partial charge in [-0.15, -0.1) is 0 Å². The van der Waals surface area contributed by atoms with Crippen molar-refractivity contribution in [1.82, 2.24) is 9.97 Å². The van der Waals surface area contributed by atoms with Crippen LogP contribution in [0.3, 0.4) is 0 Å². The van der Waals surface area contributed by atoms with Crippen LogP contribution in [0.1, 0.15) is 17.5 Å². The predicted octanol–water partition coefficient (Wildman–Crippen LogP) is 5.76. The summed E-state index contributed by atoms with van der Waals surface area (Å²) >= 11 is 0. The number of aromatic nitrogens is 2. The molecule has 0 atom stereocenters. The molecule has 0 amide bonds. The molecule has 2 N–H and O–H groups in total. The van der Waals surface area contributed by atoms with E-state index >= 15 is 0 Å². The first kappa shape index (κ1) is 17.2. The lowest BCUT2D eigenvalue weighted by molar-refractivity contribution is 0.551. The standard InChI is InChI=1S/C22H19F2N3/c23-20-12-17(27-16-8-10-25-11-9-16)13-21(24)19(20)6-3-4-15-14-26-22-7-2-1-5-18(15)22/h1-2,5,7-14,26H,3-4,6H2,(H,25,27). The average Bonchev–Trinajstić information content (AvgIpc) is 3.08. The molecule has 0 fully saturated rings. The van der Waals surface area contributed by atoms with Crippen molar-refractivity contribution in [3.05, 3.63) is 89.9 Å². The fourth-order valence-corrected chi connectivity index (χ4v) is 3.31. The molecule has 2 heterocycles. The summed E-state index contributed by atoms with van der Waals surface area (Å²) in [5.74, 6) is -1.05. The van der Waals surface area contributed by atoms with Gasteiger partial charge in [-0.1, -0.05) is 18.2 Å². The van der Waals surface area contributed by atoms with Crippen molar-refractivity contribution in [2.24, 2.45) is 0 Å². The number of halogens is 2. The normalized spacial score (nSPS) is 11.0. The highest BCUT2D eigenvalue weighted by Crippen LogP contribution is 2.24. The van der Waals surface area contributed by atoms with Crippen LogP contribution in [0.5, 0.6) is 0 Å². The Morgan fingerprint density at radius 3 is 2.41 bits per heavy atom. The number of pyridine rings is 1. The van der Waals surface area contributed by atoms with Gasteiger partial charge >= 0.3 is 0 Å². The van der Waals surface area contributed by atoms with Gasteiger partial charge in [-0.25, -0.2) is 8.78 Å². The first-order valence-electron chi connectivity index (χ1n) is 8.90. The molecule has 27 heavy (non-hydrogen) atoms. The van der Waals surface area contributed by atoms with Crippen LogP contribution in [0.4, 0.5) is 20.2 Å². The third kappa shape index (κ3) is 3.82.